The van der Waals surface area contributed by atoms with Gasteiger partial charge in [-0.15, -0.1) is 0 Å². The van der Waals surface area contributed by atoms with Crippen molar-refractivity contribution in [3.63, 3.8) is 0 Å². The minimum Gasteiger partial charge on any atom is -0.457 e. The predicted molar refractivity (Wildman–Crippen MR) is 84.8 cm³/mol. The Hall–Kier alpha value is -1.58. The van der Waals surface area contributed by atoms with Gasteiger partial charge < -0.3 is 10.1 Å². The average molecular weight is 308 g/mol. The third kappa shape index (κ3) is 3.96. The van der Waals surface area contributed by atoms with Crippen LogP contribution >= 0.6 is 11.6 Å². The van der Waals surface area contributed by atoms with Crippen LogP contribution in [0.5, 0.6) is 11.5 Å². The Kier molecular flexibility index (Phi) is 5.21. The molecule has 0 aliphatic carbocycles. The summed E-state index contributed by atoms with van der Waals surface area (Å²) in [7, 11) is 0. The largest absolute Gasteiger partial charge is 0.457 e. The van der Waals surface area contributed by atoms with E-state index in [2.05, 4.69) is 5.32 Å². The fourth-order valence-corrected chi connectivity index (χ4v) is 2.29. The molecule has 112 valence electrons. The zero-order chi connectivity index (χ0) is 15.4. The highest BCUT2D eigenvalue weighted by molar-refractivity contribution is 6.31. The molecule has 1 unspecified atom stereocenters. The molecule has 0 aliphatic heterocycles. The van der Waals surface area contributed by atoms with Crippen LogP contribution in [0.15, 0.2) is 36.4 Å². The Bertz CT molecular complexity index is 630. The first-order valence-electron chi connectivity index (χ1n) is 6.98. The van der Waals surface area contributed by atoms with E-state index >= 15 is 0 Å². The predicted octanol–water partition coefficient (Wildman–Crippen LogP) is 5.25. The van der Waals surface area contributed by atoms with Gasteiger partial charge in [-0.3, -0.25) is 0 Å². The van der Waals surface area contributed by atoms with Crippen LogP contribution in [0.4, 0.5) is 4.39 Å². The molecule has 2 nitrogen and oxygen atoms in total. The molecule has 21 heavy (non-hydrogen) atoms. The maximum atomic E-state index is 13.5. The lowest BCUT2D eigenvalue weighted by Crippen LogP contribution is -2.18. The summed E-state index contributed by atoms with van der Waals surface area (Å²) in [5.41, 5.74) is 1.74. The van der Waals surface area contributed by atoms with Gasteiger partial charge >= 0.3 is 0 Å². The second kappa shape index (κ2) is 6.92. The Labute approximate surface area is 129 Å². The summed E-state index contributed by atoms with van der Waals surface area (Å²) >= 11 is 6.01. The van der Waals surface area contributed by atoms with Gasteiger partial charge in [0.2, 0.25) is 0 Å². The minimum atomic E-state index is -0.269. The summed E-state index contributed by atoms with van der Waals surface area (Å²) in [5.74, 6) is 1.06. The molecule has 0 saturated carbocycles. The SMILES string of the molecule is CCNC(C)c1cc(F)ccc1Oc1ccc(Cl)c(C)c1. The summed E-state index contributed by atoms with van der Waals surface area (Å²) in [6, 6.07) is 10.0. The Morgan fingerprint density at radius 1 is 1.24 bits per heavy atom. The summed E-state index contributed by atoms with van der Waals surface area (Å²) in [4.78, 5) is 0. The highest BCUT2D eigenvalue weighted by Crippen LogP contribution is 2.31. The van der Waals surface area contributed by atoms with Crippen molar-refractivity contribution in [2.75, 3.05) is 6.54 Å². The lowest BCUT2D eigenvalue weighted by atomic mass is 10.1. The van der Waals surface area contributed by atoms with E-state index < -0.39 is 0 Å². The molecule has 0 bridgehead atoms. The number of hydrogen-bond acceptors (Lipinski definition) is 2. The first kappa shape index (κ1) is 15.8. The molecule has 0 spiro atoms. The van der Waals surface area contributed by atoms with Gasteiger partial charge in [-0.1, -0.05) is 18.5 Å². The van der Waals surface area contributed by atoms with Gasteiger partial charge in [-0.05, 0) is 62.4 Å². The van der Waals surface area contributed by atoms with Crippen LogP contribution in [0.3, 0.4) is 0 Å². The van der Waals surface area contributed by atoms with Crippen molar-refractivity contribution in [3.05, 3.63) is 58.4 Å². The average Bonchev–Trinajstić information content (AvgIpc) is 2.45. The van der Waals surface area contributed by atoms with E-state index in [0.717, 1.165) is 17.7 Å². The lowest BCUT2D eigenvalue weighted by molar-refractivity contribution is 0.459. The zero-order valence-corrected chi connectivity index (χ0v) is 13.2. The Morgan fingerprint density at radius 3 is 2.67 bits per heavy atom. The van der Waals surface area contributed by atoms with E-state index in [1.54, 1.807) is 18.2 Å². The summed E-state index contributed by atoms with van der Waals surface area (Å²) in [5, 5.41) is 3.96. The van der Waals surface area contributed by atoms with Crippen LogP contribution < -0.4 is 10.1 Å². The number of rotatable bonds is 5. The van der Waals surface area contributed by atoms with E-state index in [9.17, 15) is 4.39 Å². The van der Waals surface area contributed by atoms with E-state index in [1.165, 1.54) is 12.1 Å². The smallest absolute Gasteiger partial charge is 0.132 e. The molecule has 0 aromatic heterocycles. The molecule has 1 atom stereocenters. The first-order valence-corrected chi connectivity index (χ1v) is 7.36. The highest BCUT2D eigenvalue weighted by Gasteiger charge is 2.13. The Morgan fingerprint density at radius 2 is 2.00 bits per heavy atom. The number of halogens is 2. The van der Waals surface area contributed by atoms with Crippen molar-refractivity contribution < 1.29 is 9.13 Å². The van der Waals surface area contributed by atoms with Gasteiger partial charge in [0.15, 0.2) is 0 Å². The molecular weight excluding hydrogens is 289 g/mol. The van der Waals surface area contributed by atoms with Crippen LogP contribution in [0.25, 0.3) is 0 Å². The van der Waals surface area contributed by atoms with Crippen LogP contribution in [0, 0.1) is 12.7 Å². The van der Waals surface area contributed by atoms with Crippen molar-refractivity contribution in [1.82, 2.24) is 5.32 Å². The van der Waals surface area contributed by atoms with Gasteiger partial charge in [0.05, 0.1) is 0 Å². The monoisotopic (exact) mass is 307 g/mol. The van der Waals surface area contributed by atoms with Crippen molar-refractivity contribution >= 4 is 11.6 Å². The number of hydrogen-bond donors (Lipinski definition) is 1. The van der Waals surface area contributed by atoms with Crippen molar-refractivity contribution in [1.29, 1.82) is 0 Å². The third-order valence-electron chi connectivity index (χ3n) is 3.31. The molecule has 1 N–H and O–H groups in total. The number of benzene rings is 2. The molecule has 2 aromatic carbocycles. The molecule has 2 aromatic rings. The quantitative estimate of drug-likeness (QED) is 0.814. The van der Waals surface area contributed by atoms with E-state index in [4.69, 9.17) is 16.3 Å². The number of ether oxygens (including phenoxy) is 1. The van der Waals surface area contributed by atoms with Gasteiger partial charge in [-0.25, -0.2) is 4.39 Å². The molecular formula is C17H19ClFNO. The van der Waals surface area contributed by atoms with Gasteiger partial charge in [-0.2, -0.15) is 0 Å². The fourth-order valence-electron chi connectivity index (χ4n) is 2.17. The van der Waals surface area contributed by atoms with E-state index in [0.29, 0.717) is 16.5 Å². The van der Waals surface area contributed by atoms with Crippen LogP contribution in [0.2, 0.25) is 5.02 Å². The van der Waals surface area contributed by atoms with E-state index in [-0.39, 0.29) is 11.9 Å². The van der Waals surface area contributed by atoms with Gasteiger partial charge in [0.25, 0.3) is 0 Å². The van der Waals surface area contributed by atoms with E-state index in [1.807, 2.05) is 26.8 Å². The van der Waals surface area contributed by atoms with Crippen LogP contribution in [-0.4, -0.2) is 6.54 Å². The van der Waals surface area contributed by atoms with Gasteiger partial charge in [0, 0.05) is 16.6 Å². The molecule has 4 heteroatoms. The Balaban J connectivity index is 2.32. The van der Waals surface area contributed by atoms with Crippen molar-refractivity contribution in [2.24, 2.45) is 0 Å². The first-order chi connectivity index (χ1) is 10.0. The van der Waals surface area contributed by atoms with Crippen LogP contribution in [-0.2, 0) is 0 Å². The molecule has 0 fully saturated rings. The van der Waals surface area contributed by atoms with Crippen molar-refractivity contribution in [2.45, 2.75) is 26.8 Å². The second-order valence-electron chi connectivity index (χ2n) is 4.97. The summed E-state index contributed by atoms with van der Waals surface area (Å²) in [6.45, 7) is 6.72. The third-order valence-corrected chi connectivity index (χ3v) is 3.73. The molecule has 0 saturated heterocycles. The van der Waals surface area contributed by atoms with Gasteiger partial charge in [0.1, 0.15) is 17.3 Å². The number of aryl methyl sites for hydroxylation is 1. The zero-order valence-electron chi connectivity index (χ0n) is 12.4. The minimum absolute atomic E-state index is 0.00842. The molecule has 0 amide bonds. The summed E-state index contributed by atoms with van der Waals surface area (Å²) in [6.07, 6.45) is 0. The lowest BCUT2D eigenvalue weighted by Gasteiger charge is -2.18. The topological polar surface area (TPSA) is 21.3 Å². The number of nitrogens with one attached hydrogen (secondary N) is 1. The molecule has 0 heterocycles. The molecule has 2 rings (SSSR count). The fraction of sp³-hybridized carbons (Fsp3) is 0.294. The maximum absolute atomic E-state index is 13.5. The normalized spacial score (nSPS) is 12.2. The van der Waals surface area contributed by atoms with Crippen molar-refractivity contribution in [3.8, 4) is 11.5 Å². The molecule has 0 aliphatic rings. The van der Waals surface area contributed by atoms with Crippen LogP contribution in [0.1, 0.15) is 31.0 Å². The maximum Gasteiger partial charge on any atom is 0.132 e. The summed E-state index contributed by atoms with van der Waals surface area (Å²) < 4.78 is 19.4. The molecule has 0 radical (unpaired) electrons. The highest BCUT2D eigenvalue weighted by atomic mass is 35.5. The standard InChI is InChI=1S/C17H19ClFNO/c1-4-20-12(3)15-10-13(19)5-8-17(15)21-14-6-7-16(18)11(2)9-14/h5-10,12,20H,4H2,1-3H3. The second-order valence-corrected chi connectivity index (χ2v) is 5.38.